The molecule has 4 heterocycles. The summed E-state index contributed by atoms with van der Waals surface area (Å²) >= 11 is 0. The molecule has 1 amide bonds. The van der Waals surface area contributed by atoms with Crippen LogP contribution in [-0.4, -0.2) is 66.7 Å². The third kappa shape index (κ3) is 2.97. The van der Waals surface area contributed by atoms with Crippen LogP contribution < -0.4 is 15.5 Å². The lowest BCUT2D eigenvalue weighted by Crippen LogP contribution is -2.52. The number of ketones is 1. The summed E-state index contributed by atoms with van der Waals surface area (Å²) in [5.74, 6) is -0.878. The Hall–Kier alpha value is -2.32. The minimum atomic E-state index is -0.477. The Labute approximate surface area is 168 Å². The predicted octanol–water partition coefficient (Wildman–Crippen LogP) is 0.611. The van der Waals surface area contributed by atoms with Crippen LogP contribution in [0.25, 0.3) is 0 Å². The van der Waals surface area contributed by atoms with Crippen LogP contribution in [0.1, 0.15) is 41.6 Å². The average molecular weight is 400 g/mol. The number of benzene rings is 1. The van der Waals surface area contributed by atoms with E-state index in [1.54, 1.807) is 17.0 Å². The number of halogens is 1. The highest BCUT2D eigenvalue weighted by molar-refractivity contribution is 6.27. The van der Waals surface area contributed by atoms with Gasteiger partial charge < -0.3 is 20.4 Å². The molecule has 0 spiro atoms. The van der Waals surface area contributed by atoms with Gasteiger partial charge in [-0.05, 0) is 37.8 Å². The number of hydrogen-bond donors (Lipinski definition) is 2. The van der Waals surface area contributed by atoms with Crippen LogP contribution >= 0.6 is 0 Å². The van der Waals surface area contributed by atoms with E-state index in [4.69, 9.17) is 0 Å². The molecule has 1 aromatic rings. The van der Waals surface area contributed by atoms with Crippen molar-refractivity contribution in [3.8, 4) is 0 Å². The van der Waals surface area contributed by atoms with E-state index in [1.807, 2.05) is 0 Å². The van der Waals surface area contributed by atoms with Crippen LogP contribution in [0, 0.1) is 5.82 Å². The fraction of sp³-hybridized carbons (Fsp3) is 0.571. The molecule has 3 fully saturated rings. The minimum Gasteiger partial charge on any atom is -0.361 e. The molecule has 29 heavy (non-hydrogen) atoms. The van der Waals surface area contributed by atoms with Gasteiger partial charge in [-0.15, -0.1) is 0 Å². The minimum absolute atomic E-state index is 0.108. The topological polar surface area (TPSA) is 81.8 Å². The van der Waals surface area contributed by atoms with Gasteiger partial charge in [-0.1, -0.05) is 0 Å². The molecule has 0 aromatic heterocycles. The van der Waals surface area contributed by atoms with Gasteiger partial charge in [-0.2, -0.15) is 0 Å². The summed E-state index contributed by atoms with van der Waals surface area (Å²) in [7, 11) is 0. The number of nitrogens with zero attached hydrogens (tertiary/aromatic N) is 2. The summed E-state index contributed by atoms with van der Waals surface area (Å²) in [5, 5.41) is 6.47. The van der Waals surface area contributed by atoms with Gasteiger partial charge in [0.2, 0.25) is 5.78 Å². The van der Waals surface area contributed by atoms with Crippen LogP contribution in [0.5, 0.6) is 0 Å². The van der Waals surface area contributed by atoms with E-state index in [2.05, 4.69) is 15.5 Å². The van der Waals surface area contributed by atoms with Crippen LogP contribution in [0.4, 0.5) is 10.1 Å². The van der Waals surface area contributed by atoms with Gasteiger partial charge in [0.1, 0.15) is 0 Å². The Morgan fingerprint density at radius 2 is 1.79 bits per heavy atom. The third-order valence-corrected chi connectivity index (χ3v) is 6.99. The highest BCUT2D eigenvalue weighted by Crippen LogP contribution is 2.38. The molecule has 7 nitrogen and oxygen atoms in total. The van der Waals surface area contributed by atoms with E-state index < -0.39 is 11.8 Å². The number of aldehydes is 1. The maximum atomic E-state index is 15.5. The Morgan fingerprint density at radius 1 is 1.07 bits per heavy atom. The monoisotopic (exact) mass is 400 g/mol. The van der Waals surface area contributed by atoms with Gasteiger partial charge in [-0.25, -0.2) is 4.39 Å². The average Bonchev–Trinajstić information content (AvgIpc) is 3.20. The number of carbonyl (C=O) groups is 3. The largest absolute Gasteiger partial charge is 0.361 e. The highest BCUT2D eigenvalue weighted by Gasteiger charge is 2.41. The van der Waals surface area contributed by atoms with Crippen molar-refractivity contribution in [2.75, 3.05) is 24.5 Å². The van der Waals surface area contributed by atoms with Gasteiger partial charge in [0.05, 0.1) is 18.3 Å². The van der Waals surface area contributed by atoms with E-state index in [-0.39, 0.29) is 24.3 Å². The maximum Gasteiger partial charge on any atom is 0.254 e. The lowest BCUT2D eigenvalue weighted by molar-refractivity contribution is -0.131. The van der Waals surface area contributed by atoms with E-state index in [1.165, 1.54) is 0 Å². The number of piperazine rings is 1. The molecular weight excluding hydrogens is 375 g/mol. The Kier molecular flexibility index (Phi) is 4.63. The molecule has 0 saturated carbocycles. The second kappa shape index (κ2) is 7.18. The first-order valence-electron chi connectivity index (χ1n) is 10.4. The first-order valence-corrected chi connectivity index (χ1v) is 10.4. The van der Waals surface area contributed by atoms with Crippen LogP contribution in [-0.2, 0) is 16.1 Å². The van der Waals surface area contributed by atoms with E-state index in [0.717, 1.165) is 25.9 Å². The SMILES string of the molecule is O=CC(=O)C1CCC(N2Cc3c(ccc(N4C5CCC4CNC5)c3F)C2=O)CN1. The van der Waals surface area contributed by atoms with Gasteiger partial charge in [0.25, 0.3) is 5.91 Å². The quantitative estimate of drug-likeness (QED) is 0.569. The summed E-state index contributed by atoms with van der Waals surface area (Å²) < 4.78 is 15.5. The zero-order valence-corrected chi connectivity index (χ0v) is 16.2. The molecule has 4 aliphatic rings. The Balaban J connectivity index is 1.36. The van der Waals surface area contributed by atoms with Crippen molar-refractivity contribution in [2.45, 2.75) is 56.4 Å². The molecule has 0 aliphatic carbocycles. The number of piperidine rings is 1. The summed E-state index contributed by atoms with van der Waals surface area (Å²) in [4.78, 5) is 39.1. The van der Waals surface area contributed by atoms with Crippen molar-refractivity contribution in [3.63, 3.8) is 0 Å². The molecule has 2 N–H and O–H groups in total. The summed E-state index contributed by atoms with van der Waals surface area (Å²) in [6.07, 6.45) is 3.59. The number of Topliss-reactive ketones (excluding diaryl/α,β-unsaturated/α-hetero) is 1. The van der Waals surface area contributed by atoms with E-state index >= 15 is 4.39 Å². The zero-order chi connectivity index (χ0) is 20.1. The van der Waals surface area contributed by atoms with Gasteiger partial charge in [0.15, 0.2) is 12.1 Å². The number of anilines is 1. The van der Waals surface area contributed by atoms with Crippen molar-refractivity contribution in [3.05, 3.63) is 29.1 Å². The molecule has 8 heteroatoms. The molecule has 3 saturated heterocycles. The molecule has 4 aliphatic heterocycles. The molecule has 1 aromatic carbocycles. The zero-order valence-electron chi connectivity index (χ0n) is 16.2. The van der Waals surface area contributed by atoms with Crippen LogP contribution in [0.15, 0.2) is 12.1 Å². The molecular formula is C21H25FN4O3. The van der Waals surface area contributed by atoms with E-state index in [0.29, 0.717) is 54.6 Å². The normalized spacial score (nSPS) is 31.1. The smallest absolute Gasteiger partial charge is 0.254 e. The van der Waals surface area contributed by atoms with Crippen molar-refractivity contribution < 1.29 is 18.8 Å². The lowest BCUT2D eigenvalue weighted by atomic mass is 9.97. The predicted molar refractivity (Wildman–Crippen MR) is 104 cm³/mol. The van der Waals surface area contributed by atoms with E-state index in [9.17, 15) is 14.4 Å². The molecule has 5 rings (SSSR count). The van der Waals surface area contributed by atoms with Gasteiger partial charge in [0, 0.05) is 48.9 Å². The third-order valence-electron chi connectivity index (χ3n) is 6.99. The number of hydrogen-bond acceptors (Lipinski definition) is 6. The number of amides is 1. The van der Waals surface area contributed by atoms with Crippen LogP contribution in [0.3, 0.4) is 0 Å². The number of rotatable bonds is 4. The summed E-state index contributed by atoms with van der Waals surface area (Å²) in [6.45, 7) is 2.42. The molecule has 4 atom stereocenters. The molecule has 0 radical (unpaired) electrons. The molecule has 4 unspecified atom stereocenters. The lowest BCUT2D eigenvalue weighted by Gasteiger charge is -2.37. The van der Waals surface area contributed by atoms with Crippen LogP contribution in [0.2, 0.25) is 0 Å². The van der Waals surface area contributed by atoms with Crippen molar-refractivity contribution in [1.29, 1.82) is 0 Å². The van der Waals surface area contributed by atoms with Gasteiger partial charge in [-0.3, -0.25) is 14.4 Å². The Morgan fingerprint density at radius 3 is 2.45 bits per heavy atom. The fourth-order valence-corrected chi connectivity index (χ4v) is 5.46. The maximum absolute atomic E-state index is 15.5. The van der Waals surface area contributed by atoms with Crippen molar-refractivity contribution >= 4 is 23.7 Å². The second-order valence-corrected chi connectivity index (χ2v) is 8.52. The van der Waals surface area contributed by atoms with Gasteiger partial charge >= 0.3 is 0 Å². The molecule has 154 valence electrons. The number of nitrogens with one attached hydrogen (secondary N) is 2. The fourth-order valence-electron chi connectivity index (χ4n) is 5.46. The van der Waals surface area contributed by atoms with Crippen molar-refractivity contribution in [1.82, 2.24) is 15.5 Å². The van der Waals surface area contributed by atoms with Crippen molar-refractivity contribution in [2.24, 2.45) is 0 Å². The summed E-state index contributed by atoms with van der Waals surface area (Å²) in [6, 6.07) is 3.57. The highest BCUT2D eigenvalue weighted by atomic mass is 19.1. The Bertz CT molecular complexity index is 852. The number of carbonyl (C=O) groups excluding carboxylic acids is 3. The first kappa shape index (κ1) is 18.7. The first-order chi connectivity index (χ1) is 14.1. The molecule has 2 bridgehead atoms. The second-order valence-electron chi connectivity index (χ2n) is 8.52. The summed E-state index contributed by atoms with van der Waals surface area (Å²) in [5.41, 5.74) is 1.54. The standard InChI is InChI=1S/C21H25FN4O3/c22-20-16-10-25(12-3-5-17(24-9-12)19(28)11-27)21(29)15(16)4-6-18(20)26-13-1-2-14(26)8-23-7-13/h4,6,11-14,17,23-24H,1-3,5,7-10H2. The number of fused-ring (bicyclic) bond motifs is 3.